The van der Waals surface area contributed by atoms with Crippen molar-refractivity contribution in [1.29, 1.82) is 0 Å². The maximum atomic E-state index is 12.8. The van der Waals surface area contributed by atoms with Crippen LogP contribution in [0.25, 0.3) is 21.9 Å². The van der Waals surface area contributed by atoms with Crippen LogP contribution in [0.15, 0.2) is 97.1 Å². The van der Waals surface area contributed by atoms with Crippen molar-refractivity contribution in [3.8, 4) is 11.1 Å². The van der Waals surface area contributed by atoms with Crippen molar-refractivity contribution >= 4 is 22.2 Å². The van der Waals surface area contributed by atoms with Crippen molar-refractivity contribution in [3.05, 3.63) is 103 Å². The molecule has 0 aliphatic heterocycles. The van der Waals surface area contributed by atoms with Gasteiger partial charge in [-0.05, 0) is 22.4 Å². The van der Waals surface area contributed by atoms with Gasteiger partial charge in [0.2, 0.25) is 0 Å². The fourth-order valence-corrected chi connectivity index (χ4v) is 3.42. The molecule has 0 atom stereocenters. The molecule has 0 spiro atoms. The highest BCUT2D eigenvalue weighted by Crippen LogP contribution is 2.27. The van der Waals surface area contributed by atoms with E-state index in [4.69, 9.17) is 0 Å². The van der Waals surface area contributed by atoms with E-state index in [-0.39, 0.29) is 5.78 Å². The second kappa shape index (κ2) is 7.88. The van der Waals surface area contributed by atoms with Crippen molar-refractivity contribution < 1.29 is 4.79 Å². The number of carbonyl (C=O) groups is 1. The Morgan fingerprint density at radius 2 is 1.41 bits per heavy atom. The summed E-state index contributed by atoms with van der Waals surface area (Å²) in [5, 5.41) is 5.57. The number of carbonyl (C=O) groups excluding carboxylic acids is 1. The molecular weight excluding hydrogens is 330 g/mol. The summed E-state index contributed by atoms with van der Waals surface area (Å²) in [5.41, 5.74) is 4.16. The number of ketones is 1. The zero-order valence-corrected chi connectivity index (χ0v) is 15.1. The van der Waals surface area contributed by atoms with Crippen LogP contribution in [0.2, 0.25) is 0 Å². The first kappa shape index (κ1) is 17.0. The highest BCUT2D eigenvalue weighted by molar-refractivity contribution is 6.08. The number of Topliss-reactive ketones (excluding diaryl/α,β-unsaturated/α-hetero) is 1. The Balaban J connectivity index is 1.48. The summed E-state index contributed by atoms with van der Waals surface area (Å²) in [7, 11) is 0. The second-order valence-electron chi connectivity index (χ2n) is 6.54. The van der Waals surface area contributed by atoms with Crippen LogP contribution in [-0.4, -0.2) is 12.3 Å². The first-order valence-corrected chi connectivity index (χ1v) is 9.22. The maximum absolute atomic E-state index is 12.8. The number of fused-ring (bicyclic) bond motifs is 1. The minimum atomic E-state index is 0.163. The molecule has 4 aromatic rings. The van der Waals surface area contributed by atoms with Crippen molar-refractivity contribution in [1.82, 2.24) is 0 Å². The molecule has 0 fully saturated rings. The van der Waals surface area contributed by atoms with Crippen molar-refractivity contribution in [2.75, 3.05) is 11.9 Å². The Morgan fingerprint density at radius 3 is 2.30 bits per heavy atom. The van der Waals surface area contributed by atoms with Gasteiger partial charge in [-0.2, -0.15) is 0 Å². The summed E-state index contributed by atoms with van der Waals surface area (Å²) in [6.45, 7) is 0.603. The monoisotopic (exact) mass is 351 g/mol. The molecular formula is C25H21NO. The number of benzene rings is 4. The normalized spacial score (nSPS) is 10.7. The quantitative estimate of drug-likeness (QED) is 0.420. The Hall–Kier alpha value is -3.39. The maximum Gasteiger partial charge on any atom is 0.165 e. The van der Waals surface area contributed by atoms with Gasteiger partial charge in [0.25, 0.3) is 0 Å². The second-order valence-corrected chi connectivity index (χ2v) is 6.54. The molecule has 4 aromatic carbocycles. The van der Waals surface area contributed by atoms with E-state index in [1.165, 1.54) is 5.56 Å². The van der Waals surface area contributed by atoms with Crippen LogP contribution in [0.3, 0.4) is 0 Å². The van der Waals surface area contributed by atoms with E-state index in [1.807, 2.05) is 72.8 Å². The lowest BCUT2D eigenvalue weighted by Crippen LogP contribution is -2.10. The molecule has 0 aliphatic rings. The van der Waals surface area contributed by atoms with E-state index in [2.05, 4.69) is 29.6 Å². The van der Waals surface area contributed by atoms with E-state index in [9.17, 15) is 4.79 Å². The van der Waals surface area contributed by atoms with Crippen LogP contribution in [0.5, 0.6) is 0 Å². The summed E-state index contributed by atoms with van der Waals surface area (Å²) in [6.07, 6.45) is 0.455. The summed E-state index contributed by atoms with van der Waals surface area (Å²) >= 11 is 0. The van der Waals surface area contributed by atoms with E-state index < -0.39 is 0 Å². The van der Waals surface area contributed by atoms with Crippen LogP contribution in [0.4, 0.5) is 5.69 Å². The first-order valence-electron chi connectivity index (χ1n) is 9.22. The number of anilines is 1. The average Bonchev–Trinajstić information content (AvgIpc) is 2.74. The predicted molar refractivity (Wildman–Crippen MR) is 113 cm³/mol. The molecule has 0 unspecified atom stereocenters. The molecule has 1 N–H and O–H groups in total. The molecule has 0 aromatic heterocycles. The summed E-state index contributed by atoms with van der Waals surface area (Å²) in [6, 6.07) is 32.5. The standard InChI is InChI=1S/C25H21NO/c27-25(23-15-8-12-19-11-4-5-13-21(19)23)17-18-26-24-16-7-6-14-22(24)20-9-2-1-3-10-20/h1-16,26H,17-18H2. The Morgan fingerprint density at radius 1 is 0.704 bits per heavy atom. The molecule has 0 heterocycles. The Kier molecular flexibility index (Phi) is 4.97. The lowest BCUT2D eigenvalue weighted by atomic mass is 10.00. The van der Waals surface area contributed by atoms with Crippen LogP contribution < -0.4 is 5.32 Å². The Labute approximate surface area is 159 Å². The molecule has 0 saturated carbocycles. The third kappa shape index (κ3) is 3.75. The first-order chi connectivity index (χ1) is 13.3. The summed E-state index contributed by atoms with van der Waals surface area (Å²) in [4.78, 5) is 12.8. The molecule has 0 radical (unpaired) electrons. The zero-order chi connectivity index (χ0) is 18.5. The third-order valence-corrected chi connectivity index (χ3v) is 4.77. The van der Waals surface area contributed by atoms with Gasteiger partial charge in [-0.1, -0.05) is 91.0 Å². The summed E-state index contributed by atoms with van der Waals surface area (Å²) in [5.74, 6) is 0.163. The molecule has 0 saturated heterocycles. The minimum Gasteiger partial charge on any atom is -0.384 e. The number of para-hydroxylation sites is 1. The molecule has 0 aliphatic carbocycles. The van der Waals surface area contributed by atoms with Gasteiger partial charge in [-0.15, -0.1) is 0 Å². The van der Waals surface area contributed by atoms with Crippen molar-refractivity contribution in [3.63, 3.8) is 0 Å². The van der Waals surface area contributed by atoms with Gasteiger partial charge in [0.05, 0.1) is 0 Å². The van der Waals surface area contributed by atoms with Crippen LogP contribution in [0, 0.1) is 0 Å². The molecule has 0 bridgehead atoms. The average molecular weight is 351 g/mol. The van der Waals surface area contributed by atoms with Crippen molar-refractivity contribution in [2.24, 2.45) is 0 Å². The lowest BCUT2D eigenvalue weighted by molar-refractivity contribution is 0.0988. The van der Waals surface area contributed by atoms with E-state index >= 15 is 0 Å². The third-order valence-electron chi connectivity index (χ3n) is 4.77. The van der Waals surface area contributed by atoms with Gasteiger partial charge in [-0.3, -0.25) is 4.79 Å². The lowest BCUT2D eigenvalue weighted by Gasteiger charge is -2.12. The summed E-state index contributed by atoms with van der Waals surface area (Å²) < 4.78 is 0. The highest BCUT2D eigenvalue weighted by atomic mass is 16.1. The van der Waals surface area contributed by atoms with Crippen molar-refractivity contribution in [2.45, 2.75) is 6.42 Å². The largest absolute Gasteiger partial charge is 0.384 e. The van der Waals surface area contributed by atoms with Gasteiger partial charge in [-0.25, -0.2) is 0 Å². The number of hydrogen-bond donors (Lipinski definition) is 1. The highest BCUT2D eigenvalue weighted by Gasteiger charge is 2.10. The predicted octanol–water partition coefficient (Wildman–Crippen LogP) is 6.19. The minimum absolute atomic E-state index is 0.163. The molecule has 2 heteroatoms. The van der Waals surface area contributed by atoms with Crippen LogP contribution in [0.1, 0.15) is 16.8 Å². The molecule has 2 nitrogen and oxygen atoms in total. The van der Waals surface area contributed by atoms with E-state index in [1.54, 1.807) is 0 Å². The molecule has 4 rings (SSSR count). The number of hydrogen-bond acceptors (Lipinski definition) is 2. The molecule has 132 valence electrons. The topological polar surface area (TPSA) is 29.1 Å². The van der Waals surface area contributed by atoms with Gasteiger partial charge < -0.3 is 5.32 Å². The smallest absolute Gasteiger partial charge is 0.165 e. The molecule has 27 heavy (non-hydrogen) atoms. The van der Waals surface area contributed by atoms with Gasteiger partial charge in [0.1, 0.15) is 0 Å². The van der Waals surface area contributed by atoms with Gasteiger partial charge in [0.15, 0.2) is 5.78 Å². The SMILES string of the molecule is O=C(CCNc1ccccc1-c1ccccc1)c1cccc2ccccc12. The van der Waals surface area contributed by atoms with Crippen LogP contribution in [-0.2, 0) is 0 Å². The zero-order valence-electron chi connectivity index (χ0n) is 15.1. The fourth-order valence-electron chi connectivity index (χ4n) is 3.42. The van der Waals surface area contributed by atoms with Crippen LogP contribution >= 0.6 is 0 Å². The van der Waals surface area contributed by atoms with E-state index in [0.29, 0.717) is 13.0 Å². The van der Waals surface area contributed by atoms with Gasteiger partial charge >= 0.3 is 0 Å². The van der Waals surface area contributed by atoms with E-state index in [0.717, 1.165) is 27.6 Å². The fraction of sp³-hybridized carbons (Fsp3) is 0.0800. The van der Waals surface area contributed by atoms with Gasteiger partial charge in [0, 0.05) is 29.8 Å². The number of rotatable bonds is 6. The number of nitrogens with one attached hydrogen (secondary N) is 1. The molecule has 0 amide bonds. The Bertz CT molecular complexity index is 1060.